The zero-order chi connectivity index (χ0) is 14.5. The van der Waals surface area contributed by atoms with Crippen molar-refractivity contribution >= 4 is 28.5 Å². The monoisotopic (exact) mass is 285 g/mol. The van der Waals surface area contributed by atoms with Gasteiger partial charge in [0.15, 0.2) is 5.17 Å². The third kappa shape index (κ3) is 2.45. The summed E-state index contributed by atoms with van der Waals surface area (Å²) in [5.74, 6) is 0.264. The fraction of sp³-hybridized carbons (Fsp3) is 0.143. The number of rotatable bonds is 2. The Hall–Kier alpha value is -2.48. The van der Waals surface area contributed by atoms with Gasteiger partial charge in [-0.3, -0.25) is 4.79 Å². The Bertz CT molecular complexity index is 682. The van der Waals surface area contributed by atoms with Gasteiger partial charge in [0.25, 0.3) is 5.91 Å². The maximum absolute atomic E-state index is 12.4. The van der Waals surface area contributed by atoms with Gasteiger partial charge >= 0.3 is 0 Å². The minimum atomic E-state index is -0.272. The van der Waals surface area contributed by atoms with Crippen LogP contribution in [0.1, 0.15) is 6.92 Å². The van der Waals surface area contributed by atoms with Crippen LogP contribution in [0.2, 0.25) is 0 Å². The summed E-state index contributed by atoms with van der Waals surface area (Å²) in [4.78, 5) is 17.8. The van der Waals surface area contributed by atoms with Crippen molar-refractivity contribution in [3.8, 4) is 11.9 Å². The van der Waals surface area contributed by atoms with Crippen LogP contribution in [0.3, 0.4) is 0 Å². The summed E-state index contributed by atoms with van der Waals surface area (Å²) in [5, 5.41) is 9.06. The second-order valence-corrected chi connectivity index (χ2v) is 4.65. The molecule has 0 atom stereocenters. The van der Waals surface area contributed by atoms with Crippen LogP contribution >= 0.6 is 11.8 Å². The van der Waals surface area contributed by atoms with Gasteiger partial charge < -0.3 is 4.74 Å². The SMILES string of the molecule is CC=C=C1SC(=NC#N)N(c2ccccc2OC)C1=O. The van der Waals surface area contributed by atoms with Gasteiger partial charge in [0.05, 0.1) is 12.8 Å². The number of hydrogen-bond acceptors (Lipinski definition) is 5. The molecule has 0 N–H and O–H groups in total. The number of amidine groups is 1. The lowest BCUT2D eigenvalue weighted by atomic mass is 10.2. The standard InChI is InChI=1S/C14H11N3O2S/c1-3-6-12-13(18)17(14(20-12)16-9-15)10-7-4-5-8-11(10)19-2/h3-5,7-8H,1-2H3. The van der Waals surface area contributed by atoms with Gasteiger partial charge in [-0.15, -0.1) is 10.7 Å². The van der Waals surface area contributed by atoms with Crippen LogP contribution in [0, 0.1) is 11.5 Å². The van der Waals surface area contributed by atoms with Crippen molar-refractivity contribution < 1.29 is 9.53 Å². The number of amides is 1. The van der Waals surface area contributed by atoms with Crippen LogP contribution < -0.4 is 9.64 Å². The van der Waals surface area contributed by atoms with Gasteiger partial charge in [-0.05, 0) is 36.9 Å². The molecule has 0 radical (unpaired) electrons. The summed E-state index contributed by atoms with van der Waals surface area (Å²) in [6.45, 7) is 1.77. The number of hydrogen-bond donors (Lipinski definition) is 0. The van der Waals surface area contributed by atoms with Gasteiger partial charge in [-0.2, -0.15) is 5.26 Å². The lowest BCUT2D eigenvalue weighted by Crippen LogP contribution is -2.29. The van der Waals surface area contributed by atoms with E-state index >= 15 is 0 Å². The minimum absolute atomic E-state index is 0.272. The molecule has 1 aliphatic rings. The maximum atomic E-state index is 12.4. The lowest BCUT2D eigenvalue weighted by Gasteiger charge is -2.17. The fourth-order valence-electron chi connectivity index (χ4n) is 1.73. The summed E-state index contributed by atoms with van der Waals surface area (Å²) in [5.41, 5.74) is 3.40. The summed E-state index contributed by atoms with van der Waals surface area (Å²) >= 11 is 1.11. The van der Waals surface area contributed by atoms with Crippen LogP contribution in [0.25, 0.3) is 0 Å². The number of methoxy groups -OCH3 is 1. The molecule has 0 saturated carbocycles. The van der Waals surface area contributed by atoms with E-state index in [1.54, 1.807) is 43.5 Å². The predicted octanol–water partition coefficient (Wildman–Crippen LogP) is 2.67. The molecule has 0 aromatic heterocycles. The highest BCUT2D eigenvalue weighted by Crippen LogP contribution is 2.38. The molecule has 1 aromatic carbocycles. The zero-order valence-corrected chi connectivity index (χ0v) is 11.8. The Morgan fingerprint density at radius 1 is 1.45 bits per heavy atom. The van der Waals surface area contributed by atoms with Gasteiger partial charge in [0.1, 0.15) is 10.7 Å². The van der Waals surface area contributed by atoms with Crippen LogP contribution in [0.15, 0.2) is 46.0 Å². The highest BCUT2D eigenvalue weighted by atomic mass is 32.2. The highest BCUT2D eigenvalue weighted by Gasteiger charge is 2.36. The number of aliphatic imine (C=N–C) groups is 1. The molecule has 1 saturated heterocycles. The number of carbonyl (C=O) groups is 1. The Balaban J connectivity index is 2.58. The smallest absolute Gasteiger partial charge is 0.279 e. The molecular formula is C14H11N3O2S. The first-order valence-electron chi connectivity index (χ1n) is 5.76. The largest absolute Gasteiger partial charge is 0.495 e. The van der Waals surface area contributed by atoms with Gasteiger partial charge in [-0.1, -0.05) is 12.1 Å². The van der Waals surface area contributed by atoms with E-state index < -0.39 is 0 Å². The van der Waals surface area contributed by atoms with Crippen molar-refractivity contribution in [2.45, 2.75) is 6.92 Å². The Morgan fingerprint density at radius 2 is 2.20 bits per heavy atom. The molecule has 1 aliphatic heterocycles. The molecule has 0 unspecified atom stereocenters. The second kappa shape index (κ2) is 6.11. The van der Waals surface area contributed by atoms with Crippen molar-refractivity contribution in [1.29, 1.82) is 5.26 Å². The van der Waals surface area contributed by atoms with E-state index in [-0.39, 0.29) is 5.91 Å². The molecule has 1 fully saturated rings. The molecule has 5 nitrogen and oxygen atoms in total. The molecular weight excluding hydrogens is 274 g/mol. The minimum Gasteiger partial charge on any atom is -0.495 e. The van der Waals surface area contributed by atoms with E-state index in [2.05, 4.69) is 10.7 Å². The summed E-state index contributed by atoms with van der Waals surface area (Å²) < 4.78 is 5.25. The van der Waals surface area contributed by atoms with E-state index in [0.717, 1.165) is 11.8 Å². The molecule has 1 aromatic rings. The zero-order valence-electron chi connectivity index (χ0n) is 11.0. The van der Waals surface area contributed by atoms with Crippen LogP contribution in [-0.4, -0.2) is 18.2 Å². The van der Waals surface area contributed by atoms with E-state index in [1.807, 2.05) is 0 Å². The predicted molar refractivity (Wildman–Crippen MR) is 78.4 cm³/mol. The normalized spacial score (nSPS) is 16.1. The third-order valence-electron chi connectivity index (χ3n) is 2.53. The van der Waals surface area contributed by atoms with Crippen molar-refractivity contribution in [3.63, 3.8) is 0 Å². The van der Waals surface area contributed by atoms with Crippen LogP contribution in [-0.2, 0) is 4.79 Å². The van der Waals surface area contributed by atoms with Crippen molar-refractivity contribution in [3.05, 3.63) is 41.0 Å². The number of nitriles is 1. The molecule has 0 aliphatic carbocycles. The molecule has 6 heteroatoms. The number of thioether (sulfide) groups is 1. The molecule has 1 amide bonds. The highest BCUT2D eigenvalue weighted by molar-refractivity contribution is 8.19. The van der Waals surface area contributed by atoms with Gasteiger partial charge in [0.2, 0.25) is 6.19 Å². The Kier molecular flexibility index (Phi) is 4.26. The van der Waals surface area contributed by atoms with Crippen LogP contribution in [0.4, 0.5) is 5.69 Å². The Labute approximate surface area is 120 Å². The van der Waals surface area contributed by atoms with Crippen molar-refractivity contribution in [2.24, 2.45) is 4.99 Å². The summed E-state index contributed by atoms with van der Waals surface area (Å²) in [7, 11) is 1.52. The number of anilines is 1. The quantitative estimate of drug-likeness (QED) is 0.476. The van der Waals surface area contributed by atoms with Crippen LogP contribution in [0.5, 0.6) is 5.75 Å². The van der Waals surface area contributed by atoms with E-state index in [4.69, 9.17) is 10.00 Å². The average molecular weight is 285 g/mol. The molecule has 1 heterocycles. The first-order chi connectivity index (χ1) is 9.72. The number of nitrogens with zero attached hydrogens (tertiary/aromatic N) is 3. The number of carbonyl (C=O) groups excluding carboxylic acids is 1. The van der Waals surface area contributed by atoms with E-state index in [1.165, 1.54) is 12.0 Å². The van der Waals surface area contributed by atoms with E-state index in [0.29, 0.717) is 21.5 Å². The second-order valence-electron chi connectivity index (χ2n) is 3.67. The van der Waals surface area contributed by atoms with Gasteiger partial charge in [-0.25, -0.2) is 4.90 Å². The summed E-state index contributed by atoms with van der Waals surface area (Å²) in [6, 6.07) is 7.08. The first kappa shape index (κ1) is 13.9. The van der Waals surface area contributed by atoms with Gasteiger partial charge in [0, 0.05) is 0 Å². The molecule has 20 heavy (non-hydrogen) atoms. The molecule has 0 spiro atoms. The molecule has 2 rings (SSSR count). The number of para-hydroxylation sites is 2. The molecule has 0 bridgehead atoms. The fourth-order valence-corrected chi connectivity index (χ4v) is 2.63. The summed E-state index contributed by atoms with van der Waals surface area (Å²) in [6.07, 6.45) is 3.36. The Morgan fingerprint density at radius 3 is 2.85 bits per heavy atom. The van der Waals surface area contributed by atoms with Crippen molar-refractivity contribution in [1.82, 2.24) is 0 Å². The topological polar surface area (TPSA) is 65.7 Å². The molecule has 100 valence electrons. The number of ether oxygens (including phenoxy) is 1. The first-order valence-corrected chi connectivity index (χ1v) is 6.58. The van der Waals surface area contributed by atoms with Crippen molar-refractivity contribution in [2.75, 3.05) is 12.0 Å². The van der Waals surface area contributed by atoms with E-state index in [9.17, 15) is 4.79 Å². The maximum Gasteiger partial charge on any atom is 0.279 e. The number of benzene rings is 1. The average Bonchev–Trinajstić information content (AvgIpc) is 2.76. The lowest BCUT2D eigenvalue weighted by molar-refractivity contribution is -0.113. The third-order valence-corrected chi connectivity index (χ3v) is 3.48.